The number of amides is 1. The predicted octanol–water partition coefficient (Wildman–Crippen LogP) is 4.64. The van der Waals surface area contributed by atoms with Crippen molar-refractivity contribution in [2.24, 2.45) is 5.41 Å². The van der Waals surface area contributed by atoms with Crippen LogP contribution in [0.15, 0.2) is 0 Å². The van der Waals surface area contributed by atoms with Gasteiger partial charge in [0, 0.05) is 30.9 Å². The fourth-order valence-corrected chi connectivity index (χ4v) is 6.19. The molecule has 168 valence electrons. The summed E-state index contributed by atoms with van der Waals surface area (Å²) in [6, 6.07) is -0.806. The van der Waals surface area contributed by atoms with Crippen LogP contribution in [-0.2, 0) is 23.8 Å². The first kappa shape index (κ1) is 25.9. The van der Waals surface area contributed by atoms with Gasteiger partial charge in [0.05, 0.1) is 7.11 Å². The SMILES string of the molecule is CCN(C(=O)OC(C)OC(=O)CCCCC1CCSS1)C(C(=O)OC)C(C)(C)C. The molecule has 0 aromatic heterocycles. The van der Waals surface area contributed by atoms with Gasteiger partial charge in [-0.15, -0.1) is 0 Å². The van der Waals surface area contributed by atoms with Gasteiger partial charge < -0.3 is 14.2 Å². The summed E-state index contributed by atoms with van der Waals surface area (Å²) in [6.45, 7) is 9.04. The average molecular weight is 450 g/mol. The second-order valence-corrected chi connectivity index (χ2v) is 10.9. The second-order valence-electron chi connectivity index (χ2n) is 8.09. The monoisotopic (exact) mass is 449 g/mol. The minimum Gasteiger partial charge on any atom is -0.467 e. The zero-order chi connectivity index (χ0) is 22.0. The molecule has 1 aliphatic heterocycles. The summed E-state index contributed by atoms with van der Waals surface area (Å²) >= 11 is 0. The van der Waals surface area contributed by atoms with Crippen LogP contribution >= 0.6 is 21.6 Å². The number of unbranched alkanes of at least 4 members (excludes halogenated alkanes) is 1. The van der Waals surface area contributed by atoms with Crippen LogP contribution in [0.5, 0.6) is 0 Å². The molecule has 3 atom stereocenters. The first-order valence-corrected chi connectivity index (χ1v) is 12.5. The first-order chi connectivity index (χ1) is 13.6. The van der Waals surface area contributed by atoms with Gasteiger partial charge in [-0.1, -0.05) is 48.8 Å². The molecule has 7 nitrogen and oxygen atoms in total. The number of esters is 2. The number of ether oxygens (including phenoxy) is 3. The Morgan fingerprint density at radius 1 is 1.17 bits per heavy atom. The Kier molecular flexibility index (Phi) is 11.2. The lowest BCUT2D eigenvalue weighted by atomic mass is 9.85. The molecule has 0 aromatic carbocycles. The van der Waals surface area contributed by atoms with Crippen molar-refractivity contribution in [1.82, 2.24) is 4.90 Å². The molecule has 1 fully saturated rings. The van der Waals surface area contributed by atoms with Crippen molar-refractivity contribution in [3.8, 4) is 0 Å². The van der Waals surface area contributed by atoms with Crippen LogP contribution in [0, 0.1) is 5.41 Å². The normalized spacial score (nSPS) is 18.6. The van der Waals surface area contributed by atoms with E-state index in [1.807, 2.05) is 42.4 Å². The van der Waals surface area contributed by atoms with Gasteiger partial charge >= 0.3 is 18.0 Å². The Labute approximate surface area is 182 Å². The van der Waals surface area contributed by atoms with Crippen LogP contribution in [0.1, 0.15) is 66.7 Å². The van der Waals surface area contributed by atoms with E-state index in [1.165, 1.54) is 31.1 Å². The van der Waals surface area contributed by atoms with E-state index in [0.29, 0.717) is 11.7 Å². The molecule has 0 aliphatic carbocycles. The first-order valence-electron chi connectivity index (χ1n) is 10.1. The fraction of sp³-hybridized carbons (Fsp3) is 0.850. The van der Waals surface area contributed by atoms with E-state index in [4.69, 9.17) is 14.2 Å². The van der Waals surface area contributed by atoms with Crippen LogP contribution in [-0.4, -0.2) is 59.9 Å². The lowest BCUT2D eigenvalue weighted by Crippen LogP contribution is -2.53. The summed E-state index contributed by atoms with van der Waals surface area (Å²) in [7, 11) is 5.14. The largest absolute Gasteiger partial charge is 0.467 e. The quantitative estimate of drug-likeness (QED) is 0.207. The van der Waals surface area contributed by atoms with Crippen LogP contribution in [0.4, 0.5) is 4.79 Å². The van der Waals surface area contributed by atoms with E-state index in [1.54, 1.807) is 6.92 Å². The van der Waals surface area contributed by atoms with Gasteiger partial charge in [-0.2, -0.15) is 0 Å². The number of carbonyl (C=O) groups excluding carboxylic acids is 3. The summed E-state index contributed by atoms with van der Waals surface area (Å²) in [5, 5.41) is 0.696. The van der Waals surface area contributed by atoms with Crippen molar-refractivity contribution in [2.45, 2.75) is 84.3 Å². The van der Waals surface area contributed by atoms with Crippen LogP contribution in [0.25, 0.3) is 0 Å². The molecule has 1 rings (SSSR count). The third-order valence-electron chi connectivity index (χ3n) is 4.58. The molecule has 0 bridgehead atoms. The topological polar surface area (TPSA) is 82.1 Å². The fourth-order valence-electron chi connectivity index (χ4n) is 3.16. The summed E-state index contributed by atoms with van der Waals surface area (Å²) in [5.41, 5.74) is -0.544. The summed E-state index contributed by atoms with van der Waals surface area (Å²) in [6.07, 6.45) is 2.66. The van der Waals surface area contributed by atoms with Gasteiger partial charge in [0.2, 0.25) is 6.29 Å². The smallest absolute Gasteiger partial charge is 0.413 e. The Morgan fingerprint density at radius 3 is 2.38 bits per heavy atom. The summed E-state index contributed by atoms with van der Waals surface area (Å²) < 4.78 is 15.3. The molecule has 0 aromatic rings. The van der Waals surface area contributed by atoms with Gasteiger partial charge in [-0.3, -0.25) is 9.69 Å². The van der Waals surface area contributed by atoms with Crippen molar-refractivity contribution in [3.63, 3.8) is 0 Å². The Balaban J connectivity index is 2.46. The minimum atomic E-state index is -1.02. The van der Waals surface area contributed by atoms with Crippen LogP contribution in [0.2, 0.25) is 0 Å². The van der Waals surface area contributed by atoms with Gasteiger partial charge in [0.15, 0.2) is 0 Å². The summed E-state index contributed by atoms with van der Waals surface area (Å²) in [4.78, 5) is 38.1. The molecule has 0 N–H and O–H groups in total. The van der Waals surface area contributed by atoms with E-state index in [9.17, 15) is 14.4 Å². The number of hydrogen-bond donors (Lipinski definition) is 0. The molecule has 1 amide bonds. The third kappa shape index (κ3) is 9.07. The molecule has 1 heterocycles. The number of likely N-dealkylation sites (N-methyl/N-ethyl adjacent to an activating group) is 1. The molecule has 1 aliphatic rings. The Bertz CT molecular complexity index is 546. The van der Waals surface area contributed by atoms with Crippen molar-refractivity contribution in [3.05, 3.63) is 0 Å². The summed E-state index contributed by atoms with van der Waals surface area (Å²) in [5.74, 6) is 0.308. The van der Waals surface area contributed by atoms with E-state index in [0.717, 1.165) is 19.3 Å². The van der Waals surface area contributed by atoms with Crippen molar-refractivity contribution >= 4 is 39.6 Å². The zero-order valence-electron chi connectivity index (χ0n) is 18.4. The third-order valence-corrected chi connectivity index (χ3v) is 7.59. The Morgan fingerprint density at radius 2 is 1.86 bits per heavy atom. The minimum absolute atomic E-state index is 0.258. The van der Waals surface area contributed by atoms with Crippen LogP contribution < -0.4 is 0 Å². The number of hydrogen-bond acceptors (Lipinski definition) is 8. The van der Waals surface area contributed by atoms with Crippen LogP contribution in [0.3, 0.4) is 0 Å². The second kappa shape index (κ2) is 12.6. The highest BCUT2D eigenvalue weighted by Crippen LogP contribution is 2.39. The molecular formula is C20H35NO6S2. The number of nitrogens with zero attached hydrogens (tertiary/aromatic N) is 1. The van der Waals surface area contributed by atoms with Crippen molar-refractivity contribution in [1.29, 1.82) is 0 Å². The maximum absolute atomic E-state index is 12.6. The lowest BCUT2D eigenvalue weighted by molar-refractivity contribution is -0.168. The maximum Gasteiger partial charge on any atom is 0.413 e. The van der Waals surface area contributed by atoms with E-state index >= 15 is 0 Å². The molecule has 1 saturated heterocycles. The number of rotatable bonds is 10. The average Bonchev–Trinajstić information content (AvgIpc) is 3.14. The highest BCUT2D eigenvalue weighted by Gasteiger charge is 2.40. The van der Waals surface area contributed by atoms with Gasteiger partial charge in [0.25, 0.3) is 0 Å². The van der Waals surface area contributed by atoms with Crippen molar-refractivity contribution in [2.75, 3.05) is 19.4 Å². The van der Waals surface area contributed by atoms with Gasteiger partial charge in [-0.25, -0.2) is 9.59 Å². The van der Waals surface area contributed by atoms with Crippen molar-refractivity contribution < 1.29 is 28.6 Å². The van der Waals surface area contributed by atoms with E-state index in [2.05, 4.69) is 0 Å². The van der Waals surface area contributed by atoms with E-state index in [-0.39, 0.29) is 12.5 Å². The number of methoxy groups -OCH3 is 1. The predicted molar refractivity (Wildman–Crippen MR) is 117 cm³/mol. The molecule has 0 radical (unpaired) electrons. The Hall–Kier alpha value is -1.09. The number of carbonyl (C=O) groups is 3. The zero-order valence-corrected chi connectivity index (χ0v) is 20.0. The molecular weight excluding hydrogens is 414 g/mol. The maximum atomic E-state index is 12.6. The molecule has 3 unspecified atom stereocenters. The molecule has 0 spiro atoms. The molecule has 0 saturated carbocycles. The highest BCUT2D eigenvalue weighted by molar-refractivity contribution is 8.77. The van der Waals surface area contributed by atoms with Gasteiger partial charge in [0.1, 0.15) is 6.04 Å². The highest BCUT2D eigenvalue weighted by atomic mass is 33.1. The van der Waals surface area contributed by atoms with E-state index < -0.39 is 29.8 Å². The molecule has 9 heteroatoms. The molecule has 29 heavy (non-hydrogen) atoms. The standard InChI is InChI=1S/C20H35NO6S2/c1-7-21(17(18(23)25-6)20(3,4)5)19(24)27-14(2)26-16(22)11-9-8-10-15-12-13-28-29-15/h14-15,17H,7-13H2,1-6H3. The van der Waals surface area contributed by atoms with Gasteiger partial charge in [-0.05, 0) is 31.6 Å². The lowest BCUT2D eigenvalue weighted by Gasteiger charge is -2.37.